The van der Waals surface area contributed by atoms with Gasteiger partial charge in [0, 0.05) is 6.42 Å². The number of hydrogen-bond acceptors (Lipinski definition) is 2. The van der Waals surface area contributed by atoms with Crippen molar-refractivity contribution in [3.05, 3.63) is 35.4 Å². The summed E-state index contributed by atoms with van der Waals surface area (Å²) in [5.41, 5.74) is 1.65. The van der Waals surface area contributed by atoms with Crippen molar-refractivity contribution < 1.29 is 9.53 Å². The molecule has 0 saturated heterocycles. The molecule has 0 N–H and O–H groups in total. The highest BCUT2D eigenvalue weighted by molar-refractivity contribution is 5.89. The van der Waals surface area contributed by atoms with Gasteiger partial charge in [0.2, 0.25) is 0 Å². The Morgan fingerprint density at radius 1 is 1.00 bits per heavy atom. The van der Waals surface area contributed by atoms with Crippen LogP contribution in [0, 0.1) is 18.8 Å². The Morgan fingerprint density at radius 2 is 1.70 bits per heavy atom. The molecule has 126 valence electrons. The molecule has 0 aliphatic heterocycles. The number of carbonyl (C=O) groups excluding carboxylic acids is 1. The van der Waals surface area contributed by atoms with Crippen LogP contribution in [0.25, 0.3) is 0 Å². The number of carbonyl (C=O) groups is 1. The van der Waals surface area contributed by atoms with Gasteiger partial charge in [0.05, 0.1) is 5.56 Å². The highest BCUT2D eigenvalue weighted by atomic mass is 16.5. The van der Waals surface area contributed by atoms with Crippen molar-refractivity contribution in [2.24, 2.45) is 0 Å². The van der Waals surface area contributed by atoms with Crippen LogP contribution in [0.5, 0.6) is 0 Å². The molecule has 2 heteroatoms. The van der Waals surface area contributed by atoms with Crippen molar-refractivity contribution >= 4 is 5.97 Å². The third-order valence-electron chi connectivity index (χ3n) is 3.81. The Balaban J connectivity index is 2.02. The zero-order valence-electron chi connectivity index (χ0n) is 14.7. The second-order valence-corrected chi connectivity index (χ2v) is 6.02. The molecule has 1 aromatic rings. The molecule has 0 aromatic heterocycles. The minimum Gasteiger partial charge on any atom is -0.449 e. The lowest BCUT2D eigenvalue weighted by molar-refractivity contribution is 0.0556. The van der Waals surface area contributed by atoms with Gasteiger partial charge < -0.3 is 4.74 Å². The summed E-state index contributed by atoms with van der Waals surface area (Å²) in [7, 11) is 0. The number of esters is 1. The lowest BCUT2D eigenvalue weighted by atomic mass is 10.1. The molecule has 0 radical (unpaired) electrons. The normalized spacial score (nSPS) is 10.0. The fourth-order valence-corrected chi connectivity index (χ4v) is 2.44. The van der Waals surface area contributed by atoms with Crippen LogP contribution in [-0.2, 0) is 4.74 Å². The highest BCUT2D eigenvalue weighted by Gasteiger charge is 2.05. The molecule has 2 nitrogen and oxygen atoms in total. The molecule has 0 aliphatic carbocycles. The highest BCUT2D eigenvalue weighted by Crippen LogP contribution is 2.09. The molecule has 0 amide bonds. The van der Waals surface area contributed by atoms with Crippen LogP contribution in [0.15, 0.2) is 24.3 Å². The fraction of sp³-hybridized carbons (Fsp3) is 0.571. The van der Waals surface area contributed by atoms with E-state index in [1.807, 2.05) is 25.1 Å². The summed E-state index contributed by atoms with van der Waals surface area (Å²) in [4.78, 5) is 11.8. The van der Waals surface area contributed by atoms with Crippen LogP contribution < -0.4 is 0 Å². The molecule has 0 fully saturated rings. The van der Waals surface area contributed by atoms with Gasteiger partial charge in [-0.15, -0.1) is 0 Å². The van der Waals surface area contributed by atoms with E-state index in [2.05, 4.69) is 18.8 Å². The van der Waals surface area contributed by atoms with E-state index in [-0.39, 0.29) is 12.6 Å². The Labute approximate surface area is 141 Å². The molecule has 0 heterocycles. The van der Waals surface area contributed by atoms with Gasteiger partial charge >= 0.3 is 5.97 Å². The number of rotatable bonds is 10. The third-order valence-corrected chi connectivity index (χ3v) is 3.81. The van der Waals surface area contributed by atoms with E-state index in [1.165, 1.54) is 44.9 Å². The predicted molar refractivity (Wildman–Crippen MR) is 96.5 cm³/mol. The molecule has 0 unspecified atom stereocenters. The van der Waals surface area contributed by atoms with Crippen molar-refractivity contribution in [3.63, 3.8) is 0 Å². The minimum absolute atomic E-state index is 0.184. The molecule has 0 aliphatic rings. The Kier molecular flexibility index (Phi) is 10.7. The predicted octanol–water partition coefficient (Wildman–Crippen LogP) is 5.69. The summed E-state index contributed by atoms with van der Waals surface area (Å²) >= 11 is 0. The first-order chi connectivity index (χ1) is 11.2. The molecule has 0 saturated carbocycles. The average Bonchev–Trinajstić information content (AvgIpc) is 2.55. The smallest absolute Gasteiger partial charge is 0.339 e. The molecular weight excluding hydrogens is 284 g/mol. The number of benzene rings is 1. The maximum atomic E-state index is 11.8. The summed E-state index contributed by atoms with van der Waals surface area (Å²) in [5.74, 6) is 5.72. The van der Waals surface area contributed by atoms with Gasteiger partial charge in [0.25, 0.3) is 0 Å². The van der Waals surface area contributed by atoms with E-state index in [4.69, 9.17) is 4.74 Å². The SMILES string of the molecule is CCCCCCCCCCC#CCOC(=O)c1cccc(C)c1. The first-order valence-corrected chi connectivity index (χ1v) is 8.93. The molecular formula is C21H30O2. The van der Waals surface area contributed by atoms with Crippen molar-refractivity contribution in [3.8, 4) is 11.8 Å². The summed E-state index contributed by atoms with van der Waals surface area (Å²) in [6.07, 6.45) is 11.4. The van der Waals surface area contributed by atoms with Gasteiger partial charge in [0.15, 0.2) is 6.61 Å². The second kappa shape index (κ2) is 12.8. The topological polar surface area (TPSA) is 26.3 Å². The summed E-state index contributed by atoms with van der Waals surface area (Å²) in [5, 5.41) is 0. The largest absolute Gasteiger partial charge is 0.449 e. The lowest BCUT2D eigenvalue weighted by Crippen LogP contribution is -2.05. The lowest BCUT2D eigenvalue weighted by Gasteiger charge is -2.01. The second-order valence-electron chi connectivity index (χ2n) is 6.02. The van der Waals surface area contributed by atoms with Gasteiger partial charge in [0.1, 0.15) is 0 Å². The van der Waals surface area contributed by atoms with Crippen LogP contribution in [0.3, 0.4) is 0 Å². The molecule has 0 spiro atoms. The first-order valence-electron chi connectivity index (χ1n) is 8.93. The standard InChI is InChI=1S/C21H30O2/c1-3-4-5-6-7-8-9-10-11-12-13-17-23-21(22)20-16-14-15-19(2)18-20/h14-16,18H,3-11,17H2,1-2H3. The molecule has 0 atom stereocenters. The van der Waals surface area contributed by atoms with Gasteiger partial charge in [-0.3, -0.25) is 0 Å². The zero-order chi connectivity index (χ0) is 16.8. The van der Waals surface area contributed by atoms with Crippen LogP contribution in [0.1, 0.15) is 80.6 Å². The molecule has 1 aromatic carbocycles. The van der Waals surface area contributed by atoms with Crippen molar-refractivity contribution in [2.75, 3.05) is 6.61 Å². The van der Waals surface area contributed by atoms with E-state index >= 15 is 0 Å². The summed E-state index contributed by atoms with van der Waals surface area (Å²) < 4.78 is 5.15. The third kappa shape index (κ3) is 9.79. The number of hydrogen-bond donors (Lipinski definition) is 0. The van der Waals surface area contributed by atoms with E-state index in [0.29, 0.717) is 5.56 Å². The van der Waals surface area contributed by atoms with Gasteiger partial charge in [-0.05, 0) is 25.5 Å². The van der Waals surface area contributed by atoms with E-state index in [0.717, 1.165) is 18.4 Å². The first kappa shape index (κ1) is 19.3. The Morgan fingerprint density at radius 3 is 2.39 bits per heavy atom. The number of ether oxygens (including phenoxy) is 1. The maximum absolute atomic E-state index is 11.8. The summed E-state index contributed by atoms with van der Waals surface area (Å²) in [6.45, 7) is 4.39. The van der Waals surface area contributed by atoms with Crippen LogP contribution in [-0.4, -0.2) is 12.6 Å². The van der Waals surface area contributed by atoms with E-state index in [1.54, 1.807) is 6.07 Å². The van der Waals surface area contributed by atoms with E-state index in [9.17, 15) is 4.79 Å². The van der Waals surface area contributed by atoms with Crippen LogP contribution in [0.2, 0.25) is 0 Å². The molecule has 0 bridgehead atoms. The van der Waals surface area contributed by atoms with Gasteiger partial charge in [-0.25, -0.2) is 4.79 Å². The number of unbranched alkanes of at least 4 members (excludes halogenated alkanes) is 8. The van der Waals surface area contributed by atoms with Crippen molar-refractivity contribution in [1.82, 2.24) is 0 Å². The Bertz CT molecular complexity index is 508. The average molecular weight is 314 g/mol. The van der Waals surface area contributed by atoms with E-state index < -0.39 is 0 Å². The quantitative estimate of drug-likeness (QED) is 0.315. The van der Waals surface area contributed by atoms with Gasteiger partial charge in [-0.1, -0.05) is 81.4 Å². The van der Waals surface area contributed by atoms with Gasteiger partial charge in [-0.2, -0.15) is 0 Å². The molecule has 23 heavy (non-hydrogen) atoms. The minimum atomic E-state index is -0.296. The summed E-state index contributed by atoms with van der Waals surface area (Å²) in [6, 6.07) is 7.42. The monoisotopic (exact) mass is 314 g/mol. The number of aryl methyl sites for hydroxylation is 1. The molecule has 1 rings (SSSR count). The van der Waals surface area contributed by atoms with Crippen LogP contribution >= 0.6 is 0 Å². The zero-order valence-corrected chi connectivity index (χ0v) is 14.7. The van der Waals surface area contributed by atoms with Crippen LogP contribution in [0.4, 0.5) is 0 Å². The fourth-order valence-electron chi connectivity index (χ4n) is 2.44. The van der Waals surface area contributed by atoms with Crippen molar-refractivity contribution in [1.29, 1.82) is 0 Å². The Hall–Kier alpha value is -1.75. The maximum Gasteiger partial charge on any atom is 0.339 e. The van der Waals surface area contributed by atoms with Crippen molar-refractivity contribution in [2.45, 2.75) is 71.6 Å².